The molecular formula is C38H32N2. The lowest BCUT2D eigenvalue weighted by atomic mass is 10.0. The molecule has 0 aliphatic rings. The highest BCUT2D eigenvalue weighted by Gasteiger charge is 2.14. The molecule has 0 fully saturated rings. The Morgan fingerprint density at radius 2 is 0.625 bits per heavy atom. The zero-order chi connectivity index (χ0) is 27.3. The summed E-state index contributed by atoms with van der Waals surface area (Å²) < 4.78 is 0. The van der Waals surface area contributed by atoms with Crippen molar-refractivity contribution in [3.8, 4) is 11.1 Å². The Kier molecular flexibility index (Phi) is 7.15. The highest BCUT2D eigenvalue weighted by atomic mass is 15.9. The number of benzene rings is 6. The first kappa shape index (κ1) is 25.2. The third kappa shape index (κ3) is 5.39. The zero-order valence-corrected chi connectivity index (χ0v) is 22.9. The molecule has 0 saturated carbocycles. The van der Waals surface area contributed by atoms with E-state index in [1.807, 2.05) is 0 Å². The molecule has 0 aliphatic carbocycles. The van der Waals surface area contributed by atoms with Gasteiger partial charge in [-0.15, -0.1) is 0 Å². The molecular weight excluding hydrogens is 485 g/mol. The van der Waals surface area contributed by atoms with Gasteiger partial charge in [0.1, 0.15) is 0 Å². The molecule has 0 heterocycles. The molecule has 194 valence electrons. The lowest BCUT2D eigenvalue weighted by Crippen LogP contribution is -2.10. The van der Waals surface area contributed by atoms with Gasteiger partial charge in [0.05, 0.1) is 0 Å². The first-order chi connectivity index (χ1) is 19.7. The largest absolute Gasteiger partial charge is 0.310 e. The van der Waals surface area contributed by atoms with Crippen LogP contribution in [0.3, 0.4) is 0 Å². The number of rotatable bonds is 7. The van der Waals surface area contributed by atoms with Gasteiger partial charge in [-0.2, -0.15) is 0 Å². The summed E-state index contributed by atoms with van der Waals surface area (Å²) >= 11 is 0. The minimum absolute atomic E-state index is 1.13. The summed E-state index contributed by atoms with van der Waals surface area (Å²) in [5.74, 6) is 0. The van der Waals surface area contributed by atoms with E-state index in [0.29, 0.717) is 0 Å². The van der Waals surface area contributed by atoms with Gasteiger partial charge >= 0.3 is 0 Å². The molecule has 0 aliphatic heterocycles. The smallest absolute Gasteiger partial charge is 0.0464 e. The predicted octanol–water partition coefficient (Wildman–Crippen LogP) is 10.9. The molecule has 0 atom stereocenters. The Morgan fingerprint density at radius 3 is 0.975 bits per heavy atom. The second-order valence-corrected chi connectivity index (χ2v) is 10.1. The van der Waals surface area contributed by atoms with Gasteiger partial charge in [-0.25, -0.2) is 0 Å². The van der Waals surface area contributed by atoms with Crippen molar-refractivity contribution < 1.29 is 0 Å². The Hall–Kier alpha value is -5.08. The lowest BCUT2D eigenvalue weighted by Gasteiger charge is -2.26. The Labute approximate surface area is 237 Å². The standard InChI is InChI=1S/C38H32N2/c1-29-11-9-17-37(27-29)39(33-13-5-3-6-14-33)35-23-19-31(20-24-35)32-21-25-36(26-22-32)40(34-15-7-4-8-16-34)38-18-10-12-30(2)28-38/h3-28H,1-2H3/i39+1. The third-order valence-electron chi connectivity index (χ3n) is 7.13. The van der Waals surface area contributed by atoms with Gasteiger partial charge in [0.25, 0.3) is 0 Å². The van der Waals surface area contributed by atoms with Crippen LogP contribution in [0, 0.1) is 13.8 Å². The topological polar surface area (TPSA) is 6.48 Å². The number of para-hydroxylation sites is 2. The summed E-state index contributed by atoms with van der Waals surface area (Å²) in [4.78, 5) is 4.61. The Balaban J connectivity index is 1.32. The quantitative estimate of drug-likeness (QED) is 0.194. The SMILES string of the molecule is Cc1cccc(N(c2ccccc2)c2ccc(-c3ccc([15N](c4ccccc4)c4cccc(C)c4)cc3)cc2)c1. The van der Waals surface area contributed by atoms with Crippen molar-refractivity contribution in [2.75, 3.05) is 9.80 Å². The van der Waals surface area contributed by atoms with Gasteiger partial charge in [-0.1, -0.05) is 84.9 Å². The molecule has 6 aromatic rings. The summed E-state index contributed by atoms with van der Waals surface area (Å²) in [6, 6.07) is 56.1. The maximum Gasteiger partial charge on any atom is 0.0464 e. The molecule has 6 rings (SSSR count). The molecule has 6 aromatic carbocycles. The first-order valence-corrected chi connectivity index (χ1v) is 13.7. The Morgan fingerprint density at radius 1 is 0.300 bits per heavy atom. The monoisotopic (exact) mass is 517 g/mol. The normalized spacial score (nSPS) is 10.8. The van der Waals surface area contributed by atoms with Crippen LogP contribution in [0.1, 0.15) is 11.1 Å². The maximum absolute atomic E-state index is 2.31. The fourth-order valence-electron chi connectivity index (χ4n) is 5.19. The fraction of sp³-hybridized carbons (Fsp3) is 0.0526. The van der Waals surface area contributed by atoms with Crippen molar-refractivity contribution in [2.24, 2.45) is 0 Å². The van der Waals surface area contributed by atoms with Gasteiger partial charge < -0.3 is 9.80 Å². The van der Waals surface area contributed by atoms with Gasteiger partial charge in [-0.05, 0) is 109 Å². The van der Waals surface area contributed by atoms with E-state index in [2.05, 4.69) is 181 Å². The van der Waals surface area contributed by atoms with E-state index in [1.165, 1.54) is 22.3 Å². The predicted molar refractivity (Wildman–Crippen MR) is 171 cm³/mol. The van der Waals surface area contributed by atoms with Crippen molar-refractivity contribution in [3.63, 3.8) is 0 Å². The second-order valence-electron chi connectivity index (χ2n) is 10.1. The lowest BCUT2D eigenvalue weighted by molar-refractivity contribution is 1.27. The number of hydrogen-bond acceptors (Lipinski definition) is 2. The molecule has 2 nitrogen and oxygen atoms in total. The van der Waals surface area contributed by atoms with Crippen LogP contribution in [0.5, 0.6) is 0 Å². The van der Waals surface area contributed by atoms with Gasteiger partial charge in [0, 0.05) is 34.1 Å². The number of nitrogens with zero attached hydrogens (tertiary/aromatic N) is 2. The van der Waals surface area contributed by atoms with E-state index in [9.17, 15) is 0 Å². The summed E-state index contributed by atoms with van der Waals surface area (Å²) in [6.45, 7) is 4.27. The van der Waals surface area contributed by atoms with Gasteiger partial charge in [0.2, 0.25) is 0 Å². The van der Waals surface area contributed by atoms with E-state index in [1.54, 1.807) is 0 Å². The minimum atomic E-state index is 1.13. The summed E-state index contributed by atoms with van der Waals surface area (Å²) in [7, 11) is 0. The van der Waals surface area contributed by atoms with Crippen molar-refractivity contribution in [2.45, 2.75) is 13.8 Å². The molecule has 40 heavy (non-hydrogen) atoms. The van der Waals surface area contributed by atoms with Crippen molar-refractivity contribution >= 4 is 34.1 Å². The molecule has 0 radical (unpaired) electrons. The summed E-state index contributed by atoms with van der Waals surface area (Å²) in [5, 5.41) is 0. The van der Waals surface area contributed by atoms with E-state index in [4.69, 9.17) is 0 Å². The van der Waals surface area contributed by atoms with Crippen molar-refractivity contribution in [1.82, 2.24) is 0 Å². The maximum atomic E-state index is 2.31. The van der Waals surface area contributed by atoms with Crippen molar-refractivity contribution in [1.29, 1.82) is 0 Å². The van der Waals surface area contributed by atoms with E-state index < -0.39 is 0 Å². The zero-order valence-electron chi connectivity index (χ0n) is 22.9. The van der Waals surface area contributed by atoms with Crippen molar-refractivity contribution in [3.05, 3.63) is 169 Å². The number of hydrogen-bond donors (Lipinski definition) is 0. The average molecular weight is 518 g/mol. The van der Waals surface area contributed by atoms with Crippen LogP contribution in [0.15, 0.2) is 158 Å². The third-order valence-corrected chi connectivity index (χ3v) is 7.13. The van der Waals surface area contributed by atoms with Crippen LogP contribution >= 0.6 is 0 Å². The molecule has 2 heteroatoms. The highest BCUT2D eigenvalue weighted by molar-refractivity contribution is 5.80. The van der Waals surface area contributed by atoms with Crippen LogP contribution in [0.25, 0.3) is 11.1 Å². The molecule has 0 unspecified atom stereocenters. The van der Waals surface area contributed by atoms with Gasteiger partial charge in [0.15, 0.2) is 0 Å². The van der Waals surface area contributed by atoms with Gasteiger partial charge in [-0.3, -0.25) is 0 Å². The van der Waals surface area contributed by atoms with Crippen LogP contribution < -0.4 is 9.80 Å². The molecule has 0 aromatic heterocycles. The summed E-state index contributed by atoms with van der Waals surface area (Å²) in [5.41, 5.74) is 11.7. The molecule has 0 spiro atoms. The fourth-order valence-corrected chi connectivity index (χ4v) is 5.19. The second kappa shape index (κ2) is 11.3. The van der Waals surface area contributed by atoms with E-state index in [0.717, 1.165) is 34.1 Å². The molecule has 0 bridgehead atoms. The van der Waals surface area contributed by atoms with E-state index >= 15 is 0 Å². The van der Waals surface area contributed by atoms with Crippen LogP contribution in [0.2, 0.25) is 0 Å². The average Bonchev–Trinajstić information content (AvgIpc) is 3.00. The number of aryl methyl sites for hydroxylation is 2. The number of anilines is 6. The Bertz CT molecular complexity index is 1560. The van der Waals surface area contributed by atoms with E-state index in [-0.39, 0.29) is 0 Å². The highest BCUT2D eigenvalue weighted by Crippen LogP contribution is 2.38. The van der Waals surface area contributed by atoms with Crippen LogP contribution in [0.4, 0.5) is 34.1 Å². The summed E-state index contributed by atoms with van der Waals surface area (Å²) in [6.07, 6.45) is 0. The molecule has 0 N–H and O–H groups in total. The van der Waals surface area contributed by atoms with Crippen LogP contribution in [-0.4, -0.2) is 0 Å². The molecule has 0 amide bonds. The first-order valence-electron chi connectivity index (χ1n) is 13.7. The van der Waals surface area contributed by atoms with Crippen LogP contribution in [-0.2, 0) is 0 Å². The minimum Gasteiger partial charge on any atom is -0.310 e. The molecule has 0 saturated heterocycles.